The lowest BCUT2D eigenvalue weighted by molar-refractivity contribution is 0.496. The van der Waals surface area contributed by atoms with Crippen LogP contribution in [0.4, 0.5) is 0 Å². The molecule has 2 aromatic rings. The Bertz CT molecular complexity index is 524. The van der Waals surface area contributed by atoms with Crippen LogP contribution < -0.4 is 5.32 Å². The lowest BCUT2D eigenvalue weighted by Crippen LogP contribution is -2.22. The van der Waals surface area contributed by atoms with Crippen LogP contribution >= 0.6 is 34.5 Å². The Kier molecular flexibility index (Phi) is 4.68. The first-order valence-electron chi connectivity index (χ1n) is 5.82. The molecular formula is C14H15Cl2NS. The third kappa shape index (κ3) is 3.27. The second-order valence-electron chi connectivity index (χ2n) is 4.32. The summed E-state index contributed by atoms with van der Waals surface area (Å²) >= 11 is 13.7. The SMILES string of the molecule is CC(NC(C)c1ccccc1Cl)c1csc(Cl)c1. The number of nitrogens with one attached hydrogen (secondary N) is 1. The highest BCUT2D eigenvalue weighted by atomic mass is 35.5. The fourth-order valence-corrected chi connectivity index (χ4v) is 3.22. The first-order valence-corrected chi connectivity index (χ1v) is 7.46. The standard InChI is InChI=1S/C14H15Cl2NS/c1-9(11-7-14(16)18-8-11)17-10(2)12-5-3-4-6-13(12)15/h3-10,17H,1-2H3. The van der Waals surface area contributed by atoms with Crippen molar-refractivity contribution in [1.29, 1.82) is 0 Å². The maximum atomic E-state index is 6.19. The maximum Gasteiger partial charge on any atom is 0.0931 e. The van der Waals surface area contributed by atoms with Crippen LogP contribution in [-0.2, 0) is 0 Å². The Hall–Kier alpha value is -0.540. The van der Waals surface area contributed by atoms with Crippen LogP contribution in [0.15, 0.2) is 35.7 Å². The van der Waals surface area contributed by atoms with Gasteiger partial charge in [-0.1, -0.05) is 41.4 Å². The van der Waals surface area contributed by atoms with Crippen molar-refractivity contribution in [2.75, 3.05) is 0 Å². The Morgan fingerprint density at radius 1 is 1.11 bits per heavy atom. The molecule has 0 aliphatic heterocycles. The number of halogens is 2. The van der Waals surface area contributed by atoms with E-state index in [4.69, 9.17) is 23.2 Å². The monoisotopic (exact) mass is 299 g/mol. The molecular weight excluding hydrogens is 285 g/mol. The van der Waals surface area contributed by atoms with Gasteiger partial charge in [-0.05, 0) is 42.5 Å². The third-order valence-electron chi connectivity index (χ3n) is 2.96. The molecule has 1 aromatic carbocycles. The van der Waals surface area contributed by atoms with Crippen LogP contribution in [0.25, 0.3) is 0 Å². The lowest BCUT2D eigenvalue weighted by Gasteiger charge is -2.20. The minimum atomic E-state index is 0.201. The van der Waals surface area contributed by atoms with Crippen molar-refractivity contribution in [3.8, 4) is 0 Å². The summed E-state index contributed by atoms with van der Waals surface area (Å²) in [4.78, 5) is 0. The van der Waals surface area contributed by atoms with E-state index >= 15 is 0 Å². The van der Waals surface area contributed by atoms with E-state index in [1.165, 1.54) is 5.56 Å². The zero-order valence-corrected chi connectivity index (χ0v) is 12.6. The summed E-state index contributed by atoms with van der Waals surface area (Å²) in [5, 5.41) is 6.41. The van der Waals surface area contributed by atoms with Crippen molar-refractivity contribution in [2.24, 2.45) is 0 Å². The van der Waals surface area contributed by atoms with E-state index < -0.39 is 0 Å². The largest absolute Gasteiger partial charge is 0.304 e. The van der Waals surface area contributed by atoms with E-state index in [-0.39, 0.29) is 12.1 Å². The molecule has 0 saturated heterocycles. The molecule has 2 rings (SSSR count). The summed E-state index contributed by atoms with van der Waals surface area (Å²) in [6.07, 6.45) is 0. The molecule has 0 aliphatic carbocycles. The van der Waals surface area contributed by atoms with Crippen molar-refractivity contribution in [3.63, 3.8) is 0 Å². The number of benzene rings is 1. The zero-order chi connectivity index (χ0) is 13.1. The van der Waals surface area contributed by atoms with Gasteiger partial charge in [-0.3, -0.25) is 0 Å². The summed E-state index contributed by atoms with van der Waals surface area (Å²) < 4.78 is 0.823. The molecule has 1 heterocycles. The molecule has 2 unspecified atom stereocenters. The molecule has 1 aromatic heterocycles. The molecule has 18 heavy (non-hydrogen) atoms. The predicted molar refractivity (Wildman–Crippen MR) is 80.7 cm³/mol. The van der Waals surface area contributed by atoms with Crippen LogP contribution in [0.3, 0.4) is 0 Å². The van der Waals surface area contributed by atoms with Crippen molar-refractivity contribution < 1.29 is 0 Å². The first kappa shape index (κ1) is 13.9. The quantitative estimate of drug-likeness (QED) is 0.789. The number of thiophene rings is 1. The molecule has 0 amide bonds. The van der Waals surface area contributed by atoms with Gasteiger partial charge in [0.15, 0.2) is 0 Å². The molecule has 0 aliphatic rings. The molecule has 0 fully saturated rings. The zero-order valence-electron chi connectivity index (χ0n) is 10.3. The Morgan fingerprint density at radius 3 is 2.44 bits per heavy atom. The average molecular weight is 300 g/mol. The Labute approximate surface area is 122 Å². The molecule has 2 atom stereocenters. The van der Waals surface area contributed by atoms with Crippen molar-refractivity contribution in [2.45, 2.75) is 25.9 Å². The van der Waals surface area contributed by atoms with E-state index in [1.807, 2.05) is 30.3 Å². The van der Waals surface area contributed by atoms with E-state index in [0.717, 1.165) is 14.9 Å². The van der Waals surface area contributed by atoms with Crippen LogP contribution in [0.5, 0.6) is 0 Å². The molecule has 4 heteroatoms. The van der Waals surface area contributed by atoms with Gasteiger partial charge < -0.3 is 5.32 Å². The molecule has 0 saturated carbocycles. The van der Waals surface area contributed by atoms with Crippen LogP contribution in [0.1, 0.15) is 37.1 Å². The van der Waals surface area contributed by atoms with Crippen molar-refractivity contribution in [3.05, 3.63) is 56.2 Å². The van der Waals surface area contributed by atoms with E-state index in [1.54, 1.807) is 11.3 Å². The Morgan fingerprint density at radius 2 is 1.83 bits per heavy atom. The van der Waals surface area contributed by atoms with Gasteiger partial charge in [0.1, 0.15) is 0 Å². The summed E-state index contributed by atoms with van der Waals surface area (Å²) in [6.45, 7) is 4.25. The van der Waals surface area contributed by atoms with Gasteiger partial charge in [0, 0.05) is 17.1 Å². The van der Waals surface area contributed by atoms with Gasteiger partial charge in [0.2, 0.25) is 0 Å². The summed E-state index contributed by atoms with van der Waals surface area (Å²) in [5.74, 6) is 0. The fourth-order valence-electron chi connectivity index (χ4n) is 1.94. The lowest BCUT2D eigenvalue weighted by atomic mass is 10.1. The van der Waals surface area contributed by atoms with Crippen molar-refractivity contribution in [1.82, 2.24) is 5.32 Å². The predicted octanol–water partition coefficient (Wildman–Crippen LogP) is 5.47. The van der Waals surface area contributed by atoms with Gasteiger partial charge in [-0.25, -0.2) is 0 Å². The number of hydrogen-bond acceptors (Lipinski definition) is 2. The summed E-state index contributed by atoms with van der Waals surface area (Å²) in [7, 11) is 0. The second kappa shape index (κ2) is 6.07. The second-order valence-corrected chi connectivity index (χ2v) is 6.27. The number of rotatable bonds is 4. The van der Waals surface area contributed by atoms with E-state index in [9.17, 15) is 0 Å². The van der Waals surface area contributed by atoms with Crippen molar-refractivity contribution >= 4 is 34.5 Å². The minimum Gasteiger partial charge on any atom is -0.304 e. The molecule has 96 valence electrons. The molecule has 1 nitrogen and oxygen atoms in total. The first-order chi connectivity index (χ1) is 8.58. The van der Waals surface area contributed by atoms with Crippen LogP contribution in [0.2, 0.25) is 9.36 Å². The van der Waals surface area contributed by atoms with Gasteiger partial charge in [0.05, 0.1) is 4.34 Å². The van der Waals surface area contributed by atoms with E-state index in [0.29, 0.717) is 0 Å². The molecule has 1 N–H and O–H groups in total. The highest BCUT2D eigenvalue weighted by Crippen LogP contribution is 2.28. The van der Waals surface area contributed by atoms with E-state index in [2.05, 4.69) is 24.5 Å². The molecule has 0 radical (unpaired) electrons. The van der Waals surface area contributed by atoms with Crippen LogP contribution in [-0.4, -0.2) is 0 Å². The maximum absolute atomic E-state index is 6.19. The number of hydrogen-bond donors (Lipinski definition) is 1. The minimum absolute atomic E-state index is 0.201. The summed E-state index contributed by atoms with van der Waals surface area (Å²) in [5.41, 5.74) is 2.33. The normalized spacial score (nSPS) is 14.4. The average Bonchev–Trinajstić information content (AvgIpc) is 2.76. The third-order valence-corrected chi connectivity index (χ3v) is 4.41. The molecule has 0 spiro atoms. The smallest absolute Gasteiger partial charge is 0.0931 e. The Balaban J connectivity index is 2.08. The summed E-state index contributed by atoms with van der Waals surface area (Å²) in [6, 6.07) is 10.4. The highest BCUT2D eigenvalue weighted by Gasteiger charge is 2.14. The highest BCUT2D eigenvalue weighted by molar-refractivity contribution is 7.14. The van der Waals surface area contributed by atoms with Crippen LogP contribution in [0, 0.1) is 0 Å². The van der Waals surface area contributed by atoms with Gasteiger partial charge in [-0.2, -0.15) is 0 Å². The fraction of sp³-hybridized carbons (Fsp3) is 0.286. The molecule has 0 bridgehead atoms. The van der Waals surface area contributed by atoms with Gasteiger partial charge in [-0.15, -0.1) is 11.3 Å². The van der Waals surface area contributed by atoms with Gasteiger partial charge in [0.25, 0.3) is 0 Å². The topological polar surface area (TPSA) is 12.0 Å². The van der Waals surface area contributed by atoms with Gasteiger partial charge >= 0.3 is 0 Å².